The summed E-state index contributed by atoms with van der Waals surface area (Å²) in [5.41, 5.74) is 1.91. The van der Waals surface area contributed by atoms with Crippen molar-refractivity contribution in [3.63, 3.8) is 0 Å². The first-order chi connectivity index (χ1) is 11.7. The number of methoxy groups -OCH3 is 1. The fourth-order valence-corrected chi connectivity index (χ4v) is 3.24. The van der Waals surface area contributed by atoms with E-state index >= 15 is 0 Å². The third kappa shape index (κ3) is 8.58. The Bertz CT molecular complexity index is 553. The van der Waals surface area contributed by atoms with Crippen molar-refractivity contribution in [2.75, 3.05) is 37.9 Å². The average Bonchev–Trinajstić information content (AvgIpc) is 2.59. The summed E-state index contributed by atoms with van der Waals surface area (Å²) in [6, 6.07) is 7.86. The topological polar surface area (TPSA) is 76.7 Å². The second-order valence-corrected chi connectivity index (χ2v) is 6.66. The Morgan fingerprint density at radius 1 is 1.44 bits per heavy atom. The summed E-state index contributed by atoms with van der Waals surface area (Å²) in [7, 11) is 1.40. The van der Waals surface area contributed by atoms with Gasteiger partial charge in [-0.1, -0.05) is 12.1 Å². The van der Waals surface area contributed by atoms with Gasteiger partial charge in [0.25, 0.3) is 0 Å². The summed E-state index contributed by atoms with van der Waals surface area (Å²) in [5.74, 6) is 1.30. The molecule has 1 fully saturated rings. The summed E-state index contributed by atoms with van der Waals surface area (Å²) >= 11 is 1.67. The predicted molar refractivity (Wildman–Crippen MR) is 102 cm³/mol. The number of nitrogens with one attached hydrogen (secondary N) is 2. The van der Waals surface area contributed by atoms with Crippen molar-refractivity contribution in [3.05, 3.63) is 29.8 Å². The molecule has 1 aliphatic heterocycles. The molecule has 1 heterocycles. The highest BCUT2D eigenvalue weighted by molar-refractivity contribution is 7.98. The number of halogens is 1. The Kier molecular flexibility index (Phi) is 10.6. The van der Waals surface area contributed by atoms with Gasteiger partial charge < -0.3 is 20.1 Å². The smallest absolute Gasteiger partial charge is 0.306 e. The van der Waals surface area contributed by atoms with Gasteiger partial charge in [-0.2, -0.15) is 11.8 Å². The molecule has 1 aromatic carbocycles. The van der Waals surface area contributed by atoms with Crippen LogP contribution in [0.2, 0.25) is 0 Å². The van der Waals surface area contributed by atoms with Crippen molar-refractivity contribution in [1.29, 1.82) is 0 Å². The molecule has 1 saturated heterocycles. The summed E-state index contributed by atoms with van der Waals surface area (Å²) < 4.78 is 9.97. The molecule has 0 aliphatic carbocycles. The van der Waals surface area contributed by atoms with Gasteiger partial charge in [-0.25, -0.2) is 0 Å². The van der Waals surface area contributed by atoms with Crippen molar-refractivity contribution in [1.82, 2.24) is 5.32 Å². The van der Waals surface area contributed by atoms with Crippen LogP contribution in [0.15, 0.2) is 24.3 Å². The zero-order valence-corrected chi connectivity index (χ0v) is 15.9. The van der Waals surface area contributed by atoms with E-state index in [1.54, 1.807) is 11.8 Å². The largest absolute Gasteiger partial charge is 0.469 e. The maximum atomic E-state index is 12.1. The molecule has 1 unspecified atom stereocenters. The van der Waals surface area contributed by atoms with Crippen LogP contribution in [0, 0.1) is 0 Å². The van der Waals surface area contributed by atoms with E-state index in [9.17, 15) is 9.59 Å². The molecule has 6 nitrogen and oxygen atoms in total. The number of carbonyl (C=O) groups excluding carboxylic acids is 2. The van der Waals surface area contributed by atoms with Crippen molar-refractivity contribution in [3.8, 4) is 0 Å². The van der Waals surface area contributed by atoms with Gasteiger partial charge in [0.05, 0.1) is 26.7 Å². The molecule has 1 aromatic rings. The summed E-state index contributed by atoms with van der Waals surface area (Å²) in [6.07, 6.45) is 0.812. The van der Waals surface area contributed by atoms with Gasteiger partial charge in [-0.15, -0.1) is 12.4 Å². The van der Waals surface area contributed by atoms with E-state index in [-0.39, 0.29) is 30.3 Å². The monoisotopic (exact) mass is 388 g/mol. The van der Waals surface area contributed by atoms with Crippen molar-refractivity contribution in [2.24, 2.45) is 0 Å². The average molecular weight is 389 g/mol. The Labute approximate surface area is 158 Å². The Morgan fingerprint density at radius 2 is 2.28 bits per heavy atom. The number of esters is 1. The van der Waals surface area contributed by atoms with Crippen molar-refractivity contribution < 1.29 is 19.1 Å². The van der Waals surface area contributed by atoms with Crippen LogP contribution in [-0.2, 0) is 24.8 Å². The molecule has 0 saturated carbocycles. The molecular formula is C17H25ClN2O4S. The molecule has 25 heavy (non-hydrogen) atoms. The first kappa shape index (κ1) is 21.8. The summed E-state index contributed by atoms with van der Waals surface area (Å²) in [5, 5.41) is 6.20. The van der Waals surface area contributed by atoms with Crippen LogP contribution in [0.4, 0.5) is 5.69 Å². The van der Waals surface area contributed by atoms with E-state index in [2.05, 4.69) is 15.4 Å². The molecule has 0 spiro atoms. The van der Waals surface area contributed by atoms with Crippen LogP contribution in [0.1, 0.15) is 18.4 Å². The number of amides is 1. The fourth-order valence-electron chi connectivity index (χ4n) is 2.37. The van der Waals surface area contributed by atoms with Gasteiger partial charge in [0.2, 0.25) is 5.91 Å². The third-order valence-corrected chi connectivity index (χ3v) is 4.62. The molecule has 0 bridgehead atoms. The second kappa shape index (κ2) is 12.1. The number of thioether (sulfide) groups is 1. The van der Waals surface area contributed by atoms with Crippen LogP contribution in [-0.4, -0.2) is 50.5 Å². The van der Waals surface area contributed by atoms with Gasteiger partial charge >= 0.3 is 5.97 Å². The standard InChI is InChI=1S/C17H24N2O4S.ClH/c1-22-17(21)5-8-24-12-13-3-2-4-14(9-13)19-16(20)10-15-11-23-7-6-18-15;/h2-4,9,15,18H,5-8,10-12H2,1H3,(H,19,20);1H. The van der Waals surface area contributed by atoms with E-state index in [1.807, 2.05) is 24.3 Å². The molecular weight excluding hydrogens is 364 g/mol. The van der Waals surface area contributed by atoms with Crippen LogP contribution < -0.4 is 10.6 Å². The molecule has 140 valence electrons. The van der Waals surface area contributed by atoms with E-state index in [0.717, 1.165) is 29.3 Å². The molecule has 1 amide bonds. The number of carbonyl (C=O) groups is 2. The number of benzene rings is 1. The maximum Gasteiger partial charge on any atom is 0.306 e. The van der Waals surface area contributed by atoms with E-state index in [4.69, 9.17) is 4.74 Å². The summed E-state index contributed by atoms with van der Waals surface area (Å²) in [4.78, 5) is 23.2. The van der Waals surface area contributed by atoms with Crippen molar-refractivity contribution >= 4 is 41.7 Å². The lowest BCUT2D eigenvalue weighted by Gasteiger charge is -2.23. The highest BCUT2D eigenvalue weighted by Crippen LogP contribution is 2.17. The molecule has 8 heteroatoms. The fraction of sp³-hybridized carbons (Fsp3) is 0.529. The summed E-state index contributed by atoms with van der Waals surface area (Å²) in [6.45, 7) is 2.06. The van der Waals surface area contributed by atoms with Gasteiger partial charge in [-0.05, 0) is 17.7 Å². The SMILES string of the molecule is COC(=O)CCSCc1cccc(NC(=O)CC2COCCN2)c1.Cl. The van der Waals surface area contributed by atoms with Gasteiger partial charge in [0.15, 0.2) is 0 Å². The quantitative estimate of drug-likeness (QED) is 0.525. The minimum atomic E-state index is -0.191. The highest BCUT2D eigenvalue weighted by atomic mass is 35.5. The van der Waals surface area contributed by atoms with Gasteiger partial charge in [0.1, 0.15) is 0 Å². The number of morpholine rings is 1. The number of ether oxygens (including phenoxy) is 2. The zero-order valence-electron chi connectivity index (χ0n) is 14.3. The van der Waals surface area contributed by atoms with Crippen molar-refractivity contribution in [2.45, 2.75) is 24.6 Å². The molecule has 0 radical (unpaired) electrons. The number of hydrogen-bond acceptors (Lipinski definition) is 6. The van der Waals surface area contributed by atoms with Crippen LogP contribution >= 0.6 is 24.2 Å². The van der Waals surface area contributed by atoms with Crippen LogP contribution in [0.5, 0.6) is 0 Å². The Hall–Kier alpha value is -1.28. The third-order valence-electron chi connectivity index (χ3n) is 3.59. The van der Waals surface area contributed by atoms with Gasteiger partial charge in [-0.3, -0.25) is 9.59 Å². The predicted octanol–water partition coefficient (Wildman–Crippen LogP) is 2.22. The zero-order chi connectivity index (χ0) is 17.2. The number of anilines is 1. The van der Waals surface area contributed by atoms with E-state index in [0.29, 0.717) is 26.1 Å². The lowest BCUT2D eigenvalue weighted by molar-refractivity contribution is -0.140. The lowest BCUT2D eigenvalue weighted by Crippen LogP contribution is -2.43. The lowest BCUT2D eigenvalue weighted by atomic mass is 10.1. The highest BCUT2D eigenvalue weighted by Gasteiger charge is 2.16. The minimum absolute atomic E-state index is 0. The normalized spacial score (nSPS) is 16.6. The van der Waals surface area contributed by atoms with E-state index in [1.165, 1.54) is 7.11 Å². The minimum Gasteiger partial charge on any atom is -0.469 e. The van der Waals surface area contributed by atoms with Crippen LogP contribution in [0.3, 0.4) is 0 Å². The second-order valence-electron chi connectivity index (χ2n) is 5.56. The number of hydrogen-bond donors (Lipinski definition) is 2. The first-order valence-electron chi connectivity index (χ1n) is 8.02. The van der Waals surface area contributed by atoms with E-state index < -0.39 is 0 Å². The first-order valence-corrected chi connectivity index (χ1v) is 9.17. The van der Waals surface area contributed by atoms with Crippen LogP contribution in [0.25, 0.3) is 0 Å². The number of rotatable bonds is 8. The van der Waals surface area contributed by atoms with Gasteiger partial charge in [0, 0.05) is 36.2 Å². The molecule has 2 N–H and O–H groups in total. The molecule has 1 aliphatic rings. The molecule has 0 aromatic heterocycles. The Morgan fingerprint density at radius 3 is 3.00 bits per heavy atom. The molecule has 1 atom stereocenters. The molecule has 2 rings (SSSR count). The maximum absolute atomic E-state index is 12.1. The Balaban J connectivity index is 0.00000312.